The summed E-state index contributed by atoms with van der Waals surface area (Å²) >= 11 is 12.6. The maximum Gasteiger partial charge on any atom is 0.240 e. The minimum absolute atomic E-state index is 0.524. The van der Waals surface area contributed by atoms with Gasteiger partial charge in [-0.1, -0.05) is 88.6 Å². The Morgan fingerprint density at radius 1 is 0.900 bits per heavy atom. The van der Waals surface area contributed by atoms with Crippen molar-refractivity contribution in [2.24, 2.45) is 0 Å². The standard InChI is InChI=1S/C17H28Cl2Si/c1-2-3-4-5-6-7-11-14-17(20(18)19)15-16-12-9-8-10-13-16/h8-10,12-13,17,20H,2-7,11,14-15H2,1H3. The van der Waals surface area contributed by atoms with Gasteiger partial charge in [0.25, 0.3) is 0 Å². The molecule has 1 aromatic rings. The van der Waals surface area contributed by atoms with Crippen LogP contribution in [-0.4, -0.2) is 7.42 Å². The van der Waals surface area contributed by atoms with Gasteiger partial charge < -0.3 is 0 Å². The highest BCUT2D eigenvalue weighted by Crippen LogP contribution is 2.28. The molecule has 0 saturated carbocycles. The lowest BCUT2D eigenvalue weighted by molar-refractivity contribution is 0.564. The summed E-state index contributed by atoms with van der Waals surface area (Å²) in [6.07, 6.45) is 11.7. The summed E-state index contributed by atoms with van der Waals surface area (Å²) in [7, 11) is -1.58. The van der Waals surface area contributed by atoms with Crippen LogP contribution in [0.4, 0.5) is 0 Å². The molecule has 20 heavy (non-hydrogen) atoms. The van der Waals surface area contributed by atoms with E-state index in [0.717, 1.165) is 6.42 Å². The predicted octanol–water partition coefficient (Wildman–Crippen LogP) is 6.44. The normalized spacial score (nSPS) is 12.8. The highest BCUT2D eigenvalue weighted by Gasteiger charge is 2.19. The second-order valence-electron chi connectivity index (χ2n) is 5.69. The van der Waals surface area contributed by atoms with Crippen LogP contribution in [0, 0.1) is 0 Å². The Balaban J connectivity index is 2.19. The molecule has 0 aliphatic carbocycles. The van der Waals surface area contributed by atoms with Gasteiger partial charge >= 0.3 is 0 Å². The Hall–Kier alpha value is 0.0169. The van der Waals surface area contributed by atoms with E-state index in [1.165, 1.54) is 56.9 Å². The number of unbranched alkanes of at least 4 members (excludes halogenated alkanes) is 6. The molecule has 0 N–H and O–H groups in total. The van der Waals surface area contributed by atoms with Crippen molar-refractivity contribution in [3.05, 3.63) is 35.9 Å². The molecule has 0 aliphatic rings. The molecular formula is C17H28Cl2Si. The quantitative estimate of drug-likeness (QED) is 0.249. The molecule has 0 spiro atoms. The summed E-state index contributed by atoms with van der Waals surface area (Å²) in [5.74, 6) is 0. The minimum atomic E-state index is -1.58. The zero-order valence-corrected chi connectivity index (χ0v) is 15.3. The fraction of sp³-hybridized carbons (Fsp3) is 0.647. The molecule has 114 valence electrons. The summed E-state index contributed by atoms with van der Waals surface area (Å²) in [4.78, 5) is 0. The predicted molar refractivity (Wildman–Crippen MR) is 95.4 cm³/mol. The van der Waals surface area contributed by atoms with Crippen LogP contribution in [0.5, 0.6) is 0 Å². The van der Waals surface area contributed by atoms with E-state index in [9.17, 15) is 0 Å². The van der Waals surface area contributed by atoms with Gasteiger partial charge in [0, 0.05) is 0 Å². The lowest BCUT2D eigenvalue weighted by atomic mass is 10.0. The van der Waals surface area contributed by atoms with E-state index in [2.05, 4.69) is 37.3 Å². The largest absolute Gasteiger partial charge is 0.240 e. The van der Waals surface area contributed by atoms with Crippen molar-refractivity contribution in [1.29, 1.82) is 0 Å². The van der Waals surface area contributed by atoms with E-state index >= 15 is 0 Å². The third kappa shape index (κ3) is 8.34. The van der Waals surface area contributed by atoms with Gasteiger partial charge in [-0.05, 0) is 17.5 Å². The van der Waals surface area contributed by atoms with E-state index in [-0.39, 0.29) is 0 Å². The minimum Gasteiger partial charge on any atom is -0.150 e. The third-order valence-electron chi connectivity index (χ3n) is 3.88. The summed E-state index contributed by atoms with van der Waals surface area (Å²) in [5.41, 5.74) is 1.90. The number of rotatable bonds is 11. The summed E-state index contributed by atoms with van der Waals surface area (Å²) in [6.45, 7) is 2.26. The van der Waals surface area contributed by atoms with Crippen LogP contribution in [0.1, 0.15) is 63.9 Å². The highest BCUT2D eigenvalue weighted by atomic mass is 35.7. The molecule has 0 fully saturated rings. The van der Waals surface area contributed by atoms with Gasteiger partial charge in [-0.15, -0.1) is 0 Å². The van der Waals surface area contributed by atoms with E-state index in [0.29, 0.717) is 5.54 Å². The molecule has 1 atom stereocenters. The highest BCUT2D eigenvalue weighted by molar-refractivity contribution is 7.34. The summed E-state index contributed by atoms with van der Waals surface area (Å²) in [5, 5.41) is 0. The van der Waals surface area contributed by atoms with Crippen molar-refractivity contribution in [3.63, 3.8) is 0 Å². The Morgan fingerprint density at radius 3 is 2.10 bits per heavy atom. The average Bonchev–Trinajstić information content (AvgIpc) is 2.46. The Labute approximate surface area is 135 Å². The number of benzene rings is 1. The van der Waals surface area contributed by atoms with Gasteiger partial charge in [0.2, 0.25) is 7.42 Å². The maximum atomic E-state index is 6.28. The molecule has 1 rings (SSSR count). The van der Waals surface area contributed by atoms with Crippen LogP contribution in [-0.2, 0) is 6.42 Å². The fourth-order valence-corrected chi connectivity index (χ4v) is 4.83. The molecule has 3 heteroatoms. The second kappa shape index (κ2) is 11.7. The Bertz CT molecular complexity index is 327. The SMILES string of the molecule is CCCCCCCCCC(Cc1ccccc1)[SiH](Cl)Cl. The monoisotopic (exact) mass is 330 g/mol. The van der Waals surface area contributed by atoms with Crippen molar-refractivity contribution in [2.45, 2.75) is 70.3 Å². The zero-order chi connectivity index (χ0) is 14.6. The van der Waals surface area contributed by atoms with E-state index in [4.69, 9.17) is 22.2 Å². The van der Waals surface area contributed by atoms with Crippen LogP contribution in [0.15, 0.2) is 30.3 Å². The first-order chi connectivity index (χ1) is 9.74. The van der Waals surface area contributed by atoms with E-state index < -0.39 is 7.42 Å². The lowest BCUT2D eigenvalue weighted by Crippen LogP contribution is -2.10. The first kappa shape index (κ1) is 18.1. The van der Waals surface area contributed by atoms with Gasteiger partial charge in [0.05, 0.1) is 0 Å². The van der Waals surface area contributed by atoms with Gasteiger partial charge in [0.1, 0.15) is 0 Å². The molecule has 0 heterocycles. The average molecular weight is 331 g/mol. The maximum absolute atomic E-state index is 6.28. The fourth-order valence-electron chi connectivity index (χ4n) is 2.60. The van der Waals surface area contributed by atoms with Gasteiger partial charge in [-0.2, -0.15) is 22.2 Å². The van der Waals surface area contributed by atoms with Crippen LogP contribution in [0.3, 0.4) is 0 Å². The molecule has 0 radical (unpaired) electrons. The summed E-state index contributed by atoms with van der Waals surface area (Å²) in [6, 6.07) is 10.6. The number of hydrogen-bond acceptors (Lipinski definition) is 0. The molecular weight excluding hydrogens is 303 g/mol. The molecule has 1 unspecified atom stereocenters. The molecule has 0 nitrogen and oxygen atoms in total. The van der Waals surface area contributed by atoms with Crippen molar-refractivity contribution in [1.82, 2.24) is 0 Å². The smallest absolute Gasteiger partial charge is 0.150 e. The van der Waals surface area contributed by atoms with Crippen molar-refractivity contribution < 1.29 is 0 Å². The molecule has 0 aromatic heterocycles. The van der Waals surface area contributed by atoms with Gasteiger partial charge in [0.15, 0.2) is 0 Å². The van der Waals surface area contributed by atoms with Crippen molar-refractivity contribution in [2.75, 3.05) is 0 Å². The summed E-state index contributed by atoms with van der Waals surface area (Å²) < 4.78 is 0. The van der Waals surface area contributed by atoms with Crippen molar-refractivity contribution in [3.8, 4) is 0 Å². The van der Waals surface area contributed by atoms with Gasteiger partial charge in [-0.25, -0.2) is 0 Å². The Kier molecular flexibility index (Phi) is 10.5. The molecule has 0 amide bonds. The first-order valence-corrected chi connectivity index (χ1v) is 12.2. The van der Waals surface area contributed by atoms with E-state index in [1.54, 1.807) is 0 Å². The molecule has 1 aromatic carbocycles. The van der Waals surface area contributed by atoms with Crippen LogP contribution in [0.25, 0.3) is 0 Å². The molecule has 0 bridgehead atoms. The topological polar surface area (TPSA) is 0 Å². The van der Waals surface area contributed by atoms with Crippen LogP contribution < -0.4 is 0 Å². The Morgan fingerprint density at radius 2 is 1.50 bits per heavy atom. The third-order valence-corrected chi connectivity index (χ3v) is 7.30. The second-order valence-corrected chi connectivity index (χ2v) is 10.8. The van der Waals surface area contributed by atoms with Crippen LogP contribution in [0.2, 0.25) is 5.54 Å². The molecule has 0 aliphatic heterocycles. The van der Waals surface area contributed by atoms with E-state index in [1.807, 2.05) is 0 Å². The van der Waals surface area contributed by atoms with Crippen LogP contribution >= 0.6 is 22.2 Å². The number of hydrogen-bond donors (Lipinski definition) is 0. The molecule has 0 saturated heterocycles. The van der Waals surface area contributed by atoms with Crippen molar-refractivity contribution >= 4 is 29.6 Å². The first-order valence-electron chi connectivity index (χ1n) is 8.06. The lowest BCUT2D eigenvalue weighted by Gasteiger charge is -2.16. The van der Waals surface area contributed by atoms with Gasteiger partial charge in [-0.3, -0.25) is 0 Å². The number of halogens is 2. The zero-order valence-electron chi connectivity index (χ0n) is 12.7.